The zero-order valence-corrected chi connectivity index (χ0v) is 13.8. The highest BCUT2D eigenvalue weighted by Gasteiger charge is 2.10. The molecule has 2 N–H and O–H groups in total. The van der Waals surface area contributed by atoms with Gasteiger partial charge in [-0.2, -0.15) is 0 Å². The molecule has 0 fully saturated rings. The van der Waals surface area contributed by atoms with E-state index in [9.17, 15) is 4.79 Å². The zero-order chi connectivity index (χ0) is 16.4. The molecule has 2 aromatic carbocycles. The lowest BCUT2D eigenvalue weighted by atomic mass is 10.0. The fourth-order valence-corrected chi connectivity index (χ4v) is 2.93. The minimum Gasteiger partial charge on any atom is -0.374 e. The number of anilines is 1. The van der Waals surface area contributed by atoms with Crippen LogP contribution in [0, 0.1) is 6.92 Å². The lowest BCUT2D eigenvalue weighted by molar-refractivity contribution is 0.877. The summed E-state index contributed by atoms with van der Waals surface area (Å²) < 4.78 is 0. The van der Waals surface area contributed by atoms with Crippen molar-refractivity contribution in [1.82, 2.24) is 4.98 Å². The smallest absolute Gasteiger partial charge is 0.271 e. The normalized spacial score (nSPS) is 12.3. The molecular formula is C20H22N2O. The number of hydrogen-bond donors (Lipinski definition) is 2. The van der Waals surface area contributed by atoms with E-state index in [1.165, 1.54) is 16.3 Å². The third-order valence-electron chi connectivity index (χ3n) is 4.37. The lowest BCUT2D eigenvalue weighted by Gasteiger charge is -2.17. The topological polar surface area (TPSA) is 44.9 Å². The first-order valence-electron chi connectivity index (χ1n) is 8.06. The molecule has 0 saturated carbocycles. The van der Waals surface area contributed by atoms with Crippen molar-refractivity contribution in [2.24, 2.45) is 0 Å². The maximum absolute atomic E-state index is 12.2. The van der Waals surface area contributed by atoms with Gasteiger partial charge in [0, 0.05) is 11.7 Å². The minimum absolute atomic E-state index is 0.0626. The number of aryl methyl sites for hydroxylation is 2. The highest BCUT2D eigenvalue weighted by Crippen LogP contribution is 2.23. The number of H-pyrrole nitrogens is 1. The Morgan fingerprint density at radius 3 is 2.57 bits per heavy atom. The molecule has 1 atom stereocenters. The van der Waals surface area contributed by atoms with Gasteiger partial charge in [0.1, 0.15) is 5.69 Å². The van der Waals surface area contributed by atoms with Gasteiger partial charge in [0.05, 0.1) is 0 Å². The number of pyridine rings is 1. The molecule has 0 spiro atoms. The van der Waals surface area contributed by atoms with Crippen LogP contribution in [0.25, 0.3) is 10.8 Å². The first-order valence-corrected chi connectivity index (χ1v) is 8.06. The summed E-state index contributed by atoms with van der Waals surface area (Å²) in [6.45, 7) is 6.11. The van der Waals surface area contributed by atoms with Gasteiger partial charge in [-0.05, 0) is 54.3 Å². The van der Waals surface area contributed by atoms with Crippen molar-refractivity contribution in [3.63, 3.8) is 0 Å². The highest BCUT2D eigenvalue weighted by molar-refractivity contribution is 5.83. The van der Waals surface area contributed by atoms with Gasteiger partial charge in [0.25, 0.3) is 5.56 Å². The molecule has 23 heavy (non-hydrogen) atoms. The first kappa shape index (κ1) is 15.3. The van der Waals surface area contributed by atoms with Crippen LogP contribution in [0.3, 0.4) is 0 Å². The Balaban J connectivity index is 1.91. The second kappa shape index (κ2) is 6.29. The van der Waals surface area contributed by atoms with Gasteiger partial charge < -0.3 is 10.3 Å². The molecule has 0 unspecified atom stereocenters. The summed E-state index contributed by atoms with van der Waals surface area (Å²) in [6, 6.07) is 16.7. The minimum atomic E-state index is -0.0626. The van der Waals surface area contributed by atoms with E-state index in [2.05, 4.69) is 54.5 Å². The maximum atomic E-state index is 12.2. The van der Waals surface area contributed by atoms with Crippen LogP contribution in [-0.2, 0) is 6.42 Å². The van der Waals surface area contributed by atoms with Crippen LogP contribution in [0.4, 0.5) is 5.69 Å². The molecule has 3 rings (SSSR count). The summed E-state index contributed by atoms with van der Waals surface area (Å²) in [5.74, 6) is 0. The largest absolute Gasteiger partial charge is 0.374 e. The number of hydrogen-bond acceptors (Lipinski definition) is 2. The molecule has 0 aliphatic rings. The fourth-order valence-electron chi connectivity index (χ4n) is 2.93. The van der Waals surface area contributed by atoms with Crippen molar-refractivity contribution in [3.8, 4) is 0 Å². The second-order valence-electron chi connectivity index (χ2n) is 5.99. The third-order valence-corrected chi connectivity index (χ3v) is 4.37. The fraction of sp³-hybridized carbons (Fsp3) is 0.250. The van der Waals surface area contributed by atoms with Gasteiger partial charge in [0.2, 0.25) is 0 Å². The lowest BCUT2D eigenvalue weighted by Crippen LogP contribution is -2.18. The van der Waals surface area contributed by atoms with E-state index in [-0.39, 0.29) is 11.6 Å². The Labute approximate surface area is 136 Å². The summed E-state index contributed by atoms with van der Waals surface area (Å²) in [5.41, 5.74) is 3.85. The summed E-state index contributed by atoms with van der Waals surface area (Å²) in [4.78, 5) is 15.1. The Morgan fingerprint density at radius 1 is 1.09 bits per heavy atom. The van der Waals surface area contributed by atoms with Crippen molar-refractivity contribution >= 4 is 16.5 Å². The number of aromatic nitrogens is 1. The van der Waals surface area contributed by atoms with Gasteiger partial charge in [-0.1, -0.05) is 43.3 Å². The van der Waals surface area contributed by atoms with Gasteiger partial charge >= 0.3 is 0 Å². The second-order valence-corrected chi connectivity index (χ2v) is 5.99. The summed E-state index contributed by atoms with van der Waals surface area (Å²) in [5, 5.41) is 5.79. The van der Waals surface area contributed by atoms with E-state index >= 15 is 0 Å². The third kappa shape index (κ3) is 3.14. The van der Waals surface area contributed by atoms with E-state index in [1.807, 2.05) is 25.1 Å². The van der Waals surface area contributed by atoms with Gasteiger partial charge in [-0.3, -0.25) is 4.79 Å². The average molecular weight is 306 g/mol. The molecule has 1 aromatic heterocycles. The molecule has 0 bridgehead atoms. The first-order chi connectivity index (χ1) is 11.1. The summed E-state index contributed by atoms with van der Waals surface area (Å²) in [7, 11) is 0. The Hall–Kier alpha value is -2.55. The van der Waals surface area contributed by atoms with Crippen LogP contribution < -0.4 is 10.9 Å². The van der Waals surface area contributed by atoms with Crippen LogP contribution in [0.5, 0.6) is 0 Å². The number of fused-ring (bicyclic) bond motifs is 1. The van der Waals surface area contributed by atoms with Crippen LogP contribution in [0.1, 0.15) is 36.7 Å². The monoisotopic (exact) mass is 306 g/mol. The zero-order valence-electron chi connectivity index (χ0n) is 13.8. The molecular weight excluding hydrogens is 284 g/mol. The van der Waals surface area contributed by atoms with E-state index < -0.39 is 0 Å². The Morgan fingerprint density at radius 2 is 1.83 bits per heavy atom. The molecule has 0 aliphatic carbocycles. The molecule has 0 saturated heterocycles. The van der Waals surface area contributed by atoms with Crippen molar-refractivity contribution in [2.75, 3.05) is 5.32 Å². The van der Waals surface area contributed by atoms with Crippen molar-refractivity contribution in [2.45, 2.75) is 33.2 Å². The number of benzene rings is 2. The van der Waals surface area contributed by atoms with E-state index in [4.69, 9.17) is 0 Å². The SMILES string of the molecule is CCc1cc(N[C@@H](C)c2ccc3ccccc3c2)c(=O)[nH]c1C. The van der Waals surface area contributed by atoms with E-state index in [0.29, 0.717) is 5.69 Å². The average Bonchev–Trinajstić information content (AvgIpc) is 2.56. The summed E-state index contributed by atoms with van der Waals surface area (Å²) in [6.07, 6.45) is 0.904. The van der Waals surface area contributed by atoms with Crippen LogP contribution in [0.15, 0.2) is 53.3 Å². The molecule has 3 aromatic rings. The molecule has 3 heteroatoms. The standard InChI is InChI=1S/C20H22N2O/c1-4-15-12-19(20(23)22-13(15)2)21-14(3)17-10-9-16-7-5-6-8-18(16)11-17/h5-12,14,21H,4H2,1-3H3,(H,22,23)/t14-/m0/s1. The van der Waals surface area contributed by atoms with Crippen molar-refractivity contribution in [3.05, 3.63) is 75.7 Å². The van der Waals surface area contributed by atoms with Crippen molar-refractivity contribution < 1.29 is 0 Å². The molecule has 0 aliphatic heterocycles. The Bertz CT molecular complexity index is 896. The predicted molar refractivity (Wildman–Crippen MR) is 97.2 cm³/mol. The number of nitrogens with one attached hydrogen (secondary N) is 2. The van der Waals surface area contributed by atoms with Gasteiger partial charge in [-0.25, -0.2) is 0 Å². The molecule has 3 nitrogen and oxygen atoms in total. The maximum Gasteiger partial charge on any atom is 0.271 e. The summed E-state index contributed by atoms with van der Waals surface area (Å²) >= 11 is 0. The molecule has 118 valence electrons. The van der Waals surface area contributed by atoms with Gasteiger partial charge in [-0.15, -0.1) is 0 Å². The van der Waals surface area contributed by atoms with Crippen LogP contribution >= 0.6 is 0 Å². The van der Waals surface area contributed by atoms with Crippen molar-refractivity contribution in [1.29, 1.82) is 0 Å². The number of rotatable bonds is 4. The van der Waals surface area contributed by atoms with Crippen LogP contribution in [0.2, 0.25) is 0 Å². The van der Waals surface area contributed by atoms with E-state index in [1.54, 1.807) is 0 Å². The quantitative estimate of drug-likeness (QED) is 0.741. The van der Waals surface area contributed by atoms with Crippen LogP contribution in [-0.4, -0.2) is 4.98 Å². The van der Waals surface area contributed by atoms with E-state index in [0.717, 1.165) is 17.7 Å². The van der Waals surface area contributed by atoms with Gasteiger partial charge in [0.15, 0.2) is 0 Å². The highest BCUT2D eigenvalue weighted by atomic mass is 16.1. The molecule has 1 heterocycles. The number of aromatic amines is 1. The molecule has 0 amide bonds. The molecule has 0 radical (unpaired) electrons. The Kier molecular flexibility index (Phi) is 4.20. The predicted octanol–water partition coefficient (Wildman–Crippen LogP) is 4.57.